The molecule has 1 amide bonds. The first kappa shape index (κ1) is 15.4. The molecule has 16 heavy (non-hydrogen) atoms. The van der Waals surface area contributed by atoms with Gasteiger partial charge in [0.15, 0.2) is 0 Å². The molecule has 0 spiro atoms. The van der Waals surface area contributed by atoms with Crippen LogP contribution in [0, 0.1) is 11.3 Å². The third kappa shape index (κ3) is 4.52. The smallest absolute Gasteiger partial charge is 0.224 e. The second-order valence-electron chi connectivity index (χ2n) is 6.16. The van der Waals surface area contributed by atoms with E-state index in [0.29, 0.717) is 12.3 Å². The van der Waals surface area contributed by atoms with Crippen molar-refractivity contribution in [2.24, 2.45) is 17.1 Å². The van der Waals surface area contributed by atoms with Crippen molar-refractivity contribution in [1.29, 1.82) is 0 Å². The van der Waals surface area contributed by atoms with E-state index in [4.69, 9.17) is 5.73 Å². The fourth-order valence-corrected chi connectivity index (χ4v) is 1.38. The predicted molar refractivity (Wildman–Crippen MR) is 69.1 cm³/mol. The maximum atomic E-state index is 12.0. The molecule has 0 radical (unpaired) electrons. The van der Waals surface area contributed by atoms with Crippen molar-refractivity contribution in [2.75, 3.05) is 7.05 Å². The molecule has 2 N–H and O–H groups in total. The summed E-state index contributed by atoms with van der Waals surface area (Å²) in [5.74, 6) is 0.492. The predicted octanol–water partition coefficient (Wildman–Crippen LogP) is 2.25. The van der Waals surface area contributed by atoms with Crippen molar-refractivity contribution < 1.29 is 4.79 Å². The molecule has 0 fully saturated rings. The van der Waals surface area contributed by atoms with Crippen LogP contribution in [0.1, 0.15) is 48.0 Å². The SMILES string of the molecule is CC(C)C(N)CC(=O)N(C)C(C)C(C)(C)C. The number of hydrogen-bond donors (Lipinski definition) is 1. The first-order chi connectivity index (χ1) is 7.07. The summed E-state index contributed by atoms with van der Waals surface area (Å²) >= 11 is 0. The Hall–Kier alpha value is -0.570. The lowest BCUT2D eigenvalue weighted by Crippen LogP contribution is -2.45. The van der Waals surface area contributed by atoms with Gasteiger partial charge in [-0.25, -0.2) is 0 Å². The first-order valence-electron chi connectivity index (χ1n) is 6.08. The van der Waals surface area contributed by atoms with E-state index in [2.05, 4.69) is 27.7 Å². The molecule has 2 atom stereocenters. The highest BCUT2D eigenvalue weighted by atomic mass is 16.2. The van der Waals surface area contributed by atoms with Gasteiger partial charge in [-0.3, -0.25) is 4.79 Å². The molecule has 0 aromatic rings. The van der Waals surface area contributed by atoms with Crippen molar-refractivity contribution in [3.05, 3.63) is 0 Å². The molecular weight excluding hydrogens is 200 g/mol. The molecule has 96 valence electrons. The number of rotatable bonds is 4. The molecule has 0 saturated carbocycles. The third-order valence-corrected chi connectivity index (χ3v) is 3.49. The number of carbonyl (C=O) groups excluding carboxylic acids is 1. The van der Waals surface area contributed by atoms with Crippen LogP contribution < -0.4 is 5.73 Å². The van der Waals surface area contributed by atoms with Gasteiger partial charge in [0.05, 0.1) is 0 Å². The highest BCUT2D eigenvalue weighted by Crippen LogP contribution is 2.23. The van der Waals surface area contributed by atoms with Crippen molar-refractivity contribution in [2.45, 2.75) is 60.0 Å². The van der Waals surface area contributed by atoms with Crippen molar-refractivity contribution in [3.63, 3.8) is 0 Å². The monoisotopic (exact) mass is 228 g/mol. The maximum absolute atomic E-state index is 12.0. The van der Waals surface area contributed by atoms with E-state index < -0.39 is 0 Å². The van der Waals surface area contributed by atoms with Gasteiger partial charge in [-0.15, -0.1) is 0 Å². The van der Waals surface area contributed by atoms with Gasteiger partial charge in [0, 0.05) is 25.6 Å². The van der Waals surface area contributed by atoms with Gasteiger partial charge in [0.25, 0.3) is 0 Å². The zero-order valence-corrected chi connectivity index (χ0v) is 11.9. The second-order valence-corrected chi connectivity index (χ2v) is 6.16. The van der Waals surface area contributed by atoms with Crippen LogP contribution in [0.4, 0.5) is 0 Å². The summed E-state index contributed by atoms with van der Waals surface area (Å²) in [6, 6.07) is 0.182. The summed E-state index contributed by atoms with van der Waals surface area (Å²) in [7, 11) is 1.87. The number of amides is 1. The molecule has 3 heteroatoms. The highest BCUT2D eigenvalue weighted by molar-refractivity contribution is 5.76. The van der Waals surface area contributed by atoms with Crippen molar-refractivity contribution in [1.82, 2.24) is 4.90 Å². The molecule has 0 saturated heterocycles. The standard InChI is InChI=1S/C13H28N2O/c1-9(2)11(14)8-12(16)15(7)10(3)13(4,5)6/h9-11H,8,14H2,1-7H3. The van der Waals surface area contributed by atoms with Crippen LogP contribution >= 0.6 is 0 Å². The van der Waals surface area contributed by atoms with E-state index in [1.165, 1.54) is 0 Å². The van der Waals surface area contributed by atoms with Gasteiger partial charge in [0.2, 0.25) is 5.91 Å². The zero-order chi connectivity index (χ0) is 13.1. The molecule has 2 unspecified atom stereocenters. The zero-order valence-electron chi connectivity index (χ0n) is 11.9. The summed E-state index contributed by atoms with van der Waals surface area (Å²) < 4.78 is 0. The summed E-state index contributed by atoms with van der Waals surface area (Å²) in [6.45, 7) is 12.6. The van der Waals surface area contributed by atoms with Crippen LogP contribution in [0.15, 0.2) is 0 Å². The second kappa shape index (κ2) is 5.67. The topological polar surface area (TPSA) is 46.3 Å². The van der Waals surface area contributed by atoms with Crippen molar-refractivity contribution in [3.8, 4) is 0 Å². The van der Waals surface area contributed by atoms with E-state index in [-0.39, 0.29) is 23.4 Å². The lowest BCUT2D eigenvalue weighted by molar-refractivity contribution is -0.134. The average molecular weight is 228 g/mol. The first-order valence-corrected chi connectivity index (χ1v) is 6.08. The molecule has 0 heterocycles. The van der Waals surface area contributed by atoms with Gasteiger partial charge < -0.3 is 10.6 Å². The normalized spacial score (nSPS) is 16.1. The molecule has 0 aromatic heterocycles. The minimum atomic E-state index is -0.0397. The molecule has 0 bridgehead atoms. The minimum Gasteiger partial charge on any atom is -0.342 e. The van der Waals surface area contributed by atoms with Crippen LogP contribution in [0.25, 0.3) is 0 Å². The van der Waals surface area contributed by atoms with E-state index in [1.54, 1.807) is 0 Å². The number of nitrogens with two attached hydrogens (primary N) is 1. The number of carbonyl (C=O) groups is 1. The molecule has 0 aliphatic heterocycles. The van der Waals surface area contributed by atoms with Crippen LogP contribution in [-0.2, 0) is 4.79 Å². The fraction of sp³-hybridized carbons (Fsp3) is 0.923. The Labute approximate surface area is 100 Å². The molecule has 0 aliphatic rings. The van der Waals surface area contributed by atoms with Crippen LogP contribution in [0.3, 0.4) is 0 Å². The Morgan fingerprint density at radius 1 is 1.25 bits per heavy atom. The Morgan fingerprint density at radius 2 is 1.69 bits per heavy atom. The Morgan fingerprint density at radius 3 is 2.00 bits per heavy atom. The van der Waals surface area contributed by atoms with E-state index in [0.717, 1.165) is 0 Å². The molecule has 0 aromatic carbocycles. The molecule has 3 nitrogen and oxygen atoms in total. The Balaban J connectivity index is 4.40. The largest absolute Gasteiger partial charge is 0.342 e. The summed E-state index contributed by atoms with van der Waals surface area (Å²) in [6.07, 6.45) is 0.439. The van der Waals surface area contributed by atoms with E-state index in [1.807, 2.05) is 25.8 Å². The van der Waals surface area contributed by atoms with E-state index >= 15 is 0 Å². The highest BCUT2D eigenvalue weighted by Gasteiger charge is 2.27. The van der Waals surface area contributed by atoms with Gasteiger partial charge in [-0.1, -0.05) is 34.6 Å². The summed E-state index contributed by atoms with van der Waals surface area (Å²) in [5.41, 5.74) is 6.02. The van der Waals surface area contributed by atoms with E-state index in [9.17, 15) is 4.79 Å². The van der Waals surface area contributed by atoms with Gasteiger partial charge >= 0.3 is 0 Å². The summed E-state index contributed by atoms with van der Waals surface area (Å²) in [5, 5.41) is 0. The third-order valence-electron chi connectivity index (χ3n) is 3.49. The lowest BCUT2D eigenvalue weighted by Gasteiger charge is -2.36. The maximum Gasteiger partial charge on any atom is 0.224 e. The molecule has 0 rings (SSSR count). The minimum absolute atomic E-state index is 0.0397. The average Bonchev–Trinajstić information content (AvgIpc) is 2.13. The Bertz CT molecular complexity index is 231. The van der Waals surface area contributed by atoms with Gasteiger partial charge in [-0.2, -0.15) is 0 Å². The number of nitrogens with zero attached hydrogens (tertiary/aromatic N) is 1. The number of hydrogen-bond acceptors (Lipinski definition) is 2. The van der Waals surface area contributed by atoms with Gasteiger partial charge in [-0.05, 0) is 18.3 Å². The molecular formula is C13H28N2O. The van der Waals surface area contributed by atoms with Gasteiger partial charge in [0.1, 0.15) is 0 Å². The molecule has 0 aliphatic carbocycles. The van der Waals surface area contributed by atoms with Crippen LogP contribution in [0.5, 0.6) is 0 Å². The Kier molecular flexibility index (Phi) is 5.47. The van der Waals surface area contributed by atoms with Crippen LogP contribution in [-0.4, -0.2) is 29.9 Å². The summed E-state index contributed by atoms with van der Waals surface area (Å²) in [4.78, 5) is 13.8. The lowest BCUT2D eigenvalue weighted by atomic mass is 9.87. The fourth-order valence-electron chi connectivity index (χ4n) is 1.38. The quantitative estimate of drug-likeness (QED) is 0.802. The van der Waals surface area contributed by atoms with Crippen LogP contribution in [0.2, 0.25) is 0 Å². The van der Waals surface area contributed by atoms with Crippen molar-refractivity contribution >= 4 is 5.91 Å².